The summed E-state index contributed by atoms with van der Waals surface area (Å²) in [5.41, 5.74) is 1.61. The van der Waals surface area contributed by atoms with E-state index in [4.69, 9.17) is 23.2 Å². The molecule has 0 amide bonds. The van der Waals surface area contributed by atoms with Crippen LogP contribution in [0, 0.1) is 5.41 Å². The standard InChI is InChI=1S/C15H21Cl2N/c1-2-15(7-3-4-8-15)11-18-10-12-9-13(16)5-6-14(12)17/h5-6,9,18H,2-4,7-8,10-11H2,1H3. The fourth-order valence-corrected chi connectivity index (χ4v) is 3.30. The second-order valence-corrected chi connectivity index (χ2v) is 6.24. The van der Waals surface area contributed by atoms with Crippen LogP contribution in [-0.2, 0) is 6.54 Å². The molecule has 1 fully saturated rings. The van der Waals surface area contributed by atoms with Crippen LogP contribution in [0.15, 0.2) is 18.2 Å². The van der Waals surface area contributed by atoms with Gasteiger partial charge in [0.2, 0.25) is 0 Å². The Kier molecular flexibility index (Phi) is 4.94. The zero-order valence-electron chi connectivity index (χ0n) is 10.9. The van der Waals surface area contributed by atoms with Crippen LogP contribution >= 0.6 is 23.2 Å². The quantitative estimate of drug-likeness (QED) is 0.798. The van der Waals surface area contributed by atoms with Crippen LogP contribution in [0.2, 0.25) is 10.0 Å². The summed E-state index contributed by atoms with van der Waals surface area (Å²) < 4.78 is 0. The Morgan fingerprint density at radius 3 is 2.61 bits per heavy atom. The van der Waals surface area contributed by atoms with Crippen molar-refractivity contribution in [2.24, 2.45) is 5.41 Å². The molecule has 1 nitrogen and oxygen atoms in total. The van der Waals surface area contributed by atoms with Gasteiger partial charge in [0.15, 0.2) is 0 Å². The number of rotatable bonds is 5. The van der Waals surface area contributed by atoms with E-state index in [2.05, 4.69) is 12.2 Å². The second-order valence-electron chi connectivity index (χ2n) is 5.40. The Morgan fingerprint density at radius 2 is 1.94 bits per heavy atom. The van der Waals surface area contributed by atoms with Gasteiger partial charge in [0, 0.05) is 23.1 Å². The van der Waals surface area contributed by atoms with E-state index in [1.807, 2.05) is 18.2 Å². The molecule has 1 aromatic rings. The molecule has 1 aliphatic carbocycles. The predicted octanol–water partition coefficient (Wildman–Crippen LogP) is 5.05. The smallest absolute Gasteiger partial charge is 0.0451 e. The van der Waals surface area contributed by atoms with E-state index in [-0.39, 0.29) is 0 Å². The van der Waals surface area contributed by atoms with E-state index in [1.165, 1.54) is 32.1 Å². The van der Waals surface area contributed by atoms with Gasteiger partial charge in [-0.15, -0.1) is 0 Å². The maximum absolute atomic E-state index is 6.16. The maximum Gasteiger partial charge on any atom is 0.0451 e. The minimum Gasteiger partial charge on any atom is -0.312 e. The summed E-state index contributed by atoms with van der Waals surface area (Å²) in [7, 11) is 0. The number of nitrogens with one attached hydrogen (secondary N) is 1. The van der Waals surface area contributed by atoms with Crippen molar-refractivity contribution in [2.75, 3.05) is 6.54 Å². The van der Waals surface area contributed by atoms with Gasteiger partial charge in [0.05, 0.1) is 0 Å². The molecule has 0 aliphatic heterocycles. The first-order chi connectivity index (χ1) is 8.65. The SMILES string of the molecule is CCC1(CNCc2cc(Cl)ccc2Cl)CCCC1. The lowest BCUT2D eigenvalue weighted by molar-refractivity contribution is 0.268. The van der Waals surface area contributed by atoms with E-state index in [1.54, 1.807) is 0 Å². The fraction of sp³-hybridized carbons (Fsp3) is 0.600. The van der Waals surface area contributed by atoms with E-state index >= 15 is 0 Å². The lowest BCUT2D eigenvalue weighted by Crippen LogP contribution is -2.31. The summed E-state index contributed by atoms with van der Waals surface area (Å²) in [4.78, 5) is 0. The Morgan fingerprint density at radius 1 is 1.22 bits per heavy atom. The van der Waals surface area contributed by atoms with Crippen LogP contribution < -0.4 is 5.32 Å². The van der Waals surface area contributed by atoms with Crippen LogP contribution in [0.25, 0.3) is 0 Å². The minimum atomic E-state index is 0.519. The lowest BCUT2D eigenvalue weighted by Gasteiger charge is -2.28. The van der Waals surface area contributed by atoms with Crippen molar-refractivity contribution in [3.05, 3.63) is 33.8 Å². The average Bonchev–Trinajstić information content (AvgIpc) is 2.83. The highest BCUT2D eigenvalue weighted by Gasteiger charge is 2.31. The van der Waals surface area contributed by atoms with Crippen LogP contribution in [-0.4, -0.2) is 6.54 Å². The van der Waals surface area contributed by atoms with Gasteiger partial charge in [-0.25, -0.2) is 0 Å². The highest BCUT2D eigenvalue weighted by atomic mass is 35.5. The second kappa shape index (κ2) is 6.27. The summed E-state index contributed by atoms with van der Waals surface area (Å²) in [6.07, 6.45) is 6.75. The van der Waals surface area contributed by atoms with Gasteiger partial charge in [-0.2, -0.15) is 0 Å². The largest absolute Gasteiger partial charge is 0.312 e. The Bertz CT molecular complexity index is 397. The van der Waals surface area contributed by atoms with Crippen molar-refractivity contribution in [3.8, 4) is 0 Å². The Hall–Kier alpha value is -0.240. The molecule has 0 heterocycles. The molecule has 1 saturated carbocycles. The molecule has 0 spiro atoms. The summed E-state index contributed by atoms with van der Waals surface area (Å²) in [6.45, 7) is 4.20. The van der Waals surface area contributed by atoms with Gasteiger partial charge >= 0.3 is 0 Å². The first-order valence-electron chi connectivity index (χ1n) is 6.80. The van der Waals surface area contributed by atoms with Crippen LogP contribution in [0.1, 0.15) is 44.6 Å². The van der Waals surface area contributed by atoms with Crippen molar-refractivity contribution in [2.45, 2.75) is 45.6 Å². The third-order valence-electron chi connectivity index (χ3n) is 4.24. The molecule has 1 N–H and O–H groups in total. The molecule has 0 aromatic heterocycles. The van der Waals surface area contributed by atoms with E-state index in [0.29, 0.717) is 5.41 Å². The van der Waals surface area contributed by atoms with Crippen LogP contribution in [0.4, 0.5) is 0 Å². The summed E-state index contributed by atoms with van der Waals surface area (Å²) in [6, 6.07) is 5.65. The van der Waals surface area contributed by atoms with Crippen LogP contribution in [0.5, 0.6) is 0 Å². The van der Waals surface area contributed by atoms with Crippen molar-refractivity contribution in [1.29, 1.82) is 0 Å². The summed E-state index contributed by atoms with van der Waals surface area (Å²) in [5, 5.41) is 5.11. The number of benzene rings is 1. The third-order valence-corrected chi connectivity index (χ3v) is 4.84. The zero-order valence-corrected chi connectivity index (χ0v) is 12.4. The Balaban J connectivity index is 1.89. The maximum atomic E-state index is 6.16. The predicted molar refractivity (Wildman–Crippen MR) is 79.4 cm³/mol. The van der Waals surface area contributed by atoms with Crippen molar-refractivity contribution < 1.29 is 0 Å². The molecule has 0 atom stereocenters. The van der Waals surface area contributed by atoms with Gasteiger partial charge in [0.1, 0.15) is 0 Å². The highest BCUT2D eigenvalue weighted by Crippen LogP contribution is 2.40. The normalized spacial score (nSPS) is 18.2. The van der Waals surface area contributed by atoms with Gasteiger partial charge in [0.25, 0.3) is 0 Å². The first kappa shape index (κ1) is 14.2. The minimum absolute atomic E-state index is 0.519. The zero-order chi connectivity index (χ0) is 13.0. The molecule has 0 radical (unpaired) electrons. The number of hydrogen-bond acceptors (Lipinski definition) is 1. The fourth-order valence-electron chi connectivity index (χ4n) is 2.92. The first-order valence-corrected chi connectivity index (χ1v) is 7.55. The van der Waals surface area contributed by atoms with Gasteiger partial charge < -0.3 is 5.32 Å². The number of halogens is 2. The molecule has 1 aromatic carbocycles. The summed E-state index contributed by atoms with van der Waals surface area (Å²) in [5.74, 6) is 0. The van der Waals surface area contributed by atoms with Gasteiger partial charge in [-0.1, -0.05) is 43.0 Å². The molecule has 1 aliphatic rings. The molecule has 100 valence electrons. The monoisotopic (exact) mass is 285 g/mol. The topological polar surface area (TPSA) is 12.0 Å². The molecular weight excluding hydrogens is 265 g/mol. The molecular formula is C15H21Cl2N. The molecule has 3 heteroatoms. The van der Waals surface area contributed by atoms with Gasteiger partial charge in [-0.3, -0.25) is 0 Å². The molecule has 0 saturated heterocycles. The van der Waals surface area contributed by atoms with E-state index in [9.17, 15) is 0 Å². The third kappa shape index (κ3) is 3.40. The lowest BCUT2D eigenvalue weighted by atomic mass is 9.83. The molecule has 0 bridgehead atoms. The van der Waals surface area contributed by atoms with Crippen LogP contribution in [0.3, 0.4) is 0 Å². The van der Waals surface area contributed by atoms with E-state index in [0.717, 1.165) is 28.7 Å². The molecule has 18 heavy (non-hydrogen) atoms. The van der Waals surface area contributed by atoms with Crippen molar-refractivity contribution in [3.63, 3.8) is 0 Å². The molecule has 2 rings (SSSR count). The summed E-state index contributed by atoms with van der Waals surface area (Å²) >= 11 is 12.2. The van der Waals surface area contributed by atoms with Crippen molar-refractivity contribution in [1.82, 2.24) is 5.32 Å². The molecule has 0 unspecified atom stereocenters. The van der Waals surface area contributed by atoms with Crippen molar-refractivity contribution >= 4 is 23.2 Å². The highest BCUT2D eigenvalue weighted by molar-refractivity contribution is 6.33. The average molecular weight is 286 g/mol. The van der Waals surface area contributed by atoms with Gasteiger partial charge in [-0.05, 0) is 48.4 Å². The number of hydrogen-bond donors (Lipinski definition) is 1. The van der Waals surface area contributed by atoms with E-state index < -0.39 is 0 Å². The Labute approximate surface area is 120 Å².